The van der Waals surface area contributed by atoms with Gasteiger partial charge in [-0.15, -0.1) is 6.58 Å². The second-order valence-corrected chi connectivity index (χ2v) is 18.4. The number of para-hydroxylation sites is 1. The van der Waals surface area contributed by atoms with E-state index >= 15 is 4.39 Å². The van der Waals surface area contributed by atoms with Crippen molar-refractivity contribution < 1.29 is 52.4 Å². The zero-order valence-corrected chi connectivity index (χ0v) is 37.8. The molecule has 3 fully saturated rings. The maximum atomic E-state index is 16.3. The van der Waals surface area contributed by atoms with Crippen molar-refractivity contribution in [1.29, 1.82) is 0 Å². The van der Waals surface area contributed by atoms with Crippen LogP contribution in [0.4, 0.5) is 4.39 Å². The number of hydrogen-bond donors (Lipinski definition) is 2. The first-order valence-electron chi connectivity index (χ1n) is 22.7. The normalized spacial score (nSPS) is 37.6. The number of halogens is 1. The van der Waals surface area contributed by atoms with E-state index in [1.807, 2.05) is 44.2 Å². The van der Waals surface area contributed by atoms with Crippen LogP contribution in [0.3, 0.4) is 0 Å². The number of hydrogen-bond acceptors (Lipinski definition) is 11. The van der Waals surface area contributed by atoms with Crippen molar-refractivity contribution in [2.75, 3.05) is 20.8 Å². The second-order valence-electron chi connectivity index (χ2n) is 18.4. The van der Waals surface area contributed by atoms with Crippen molar-refractivity contribution in [3.63, 3.8) is 0 Å². The maximum Gasteiger partial charge on any atom is 0.329 e. The monoisotopic (exact) mass is 867 g/mol. The van der Waals surface area contributed by atoms with Crippen LogP contribution in [0.15, 0.2) is 66.3 Å². The fourth-order valence-electron chi connectivity index (χ4n) is 9.93. The Morgan fingerprint density at radius 3 is 2.34 bits per heavy atom. The Morgan fingerprint density at radius 2 is 1.66 bits per heavy atom. The summed E-state index contributed by atoms with van der Waals surface area (Å²) in [4.78, 5) is 58.2. The summed E-state index contributed by atoms with van der Waals surface area (Å²) in [6, 6.07) is 8.31. The molecule has 14 unspecified atom stereocenters. The van der Waals surface area contributed by atoms with Gasteiger partial charge in [0.25, 0.3) is 11.7 Å². The number of nitrogens with zero attached hydrogens (tertiary/aromatic N) is 1. The lowest BCUT2D eigenvalue weighted by Gasteiger charge is -2.47. The van der Waals surface area contributed by atoms with Crippen LogP contribution >= 0.6 is 0 Å². The van der Waals surface area contributed by atoms with Gasteiger partial charge in [0.1, 0.15) is 42.1 Å². The maximum absolute atomic E-state index is 16.3. The Hall–Kier alpha value is -3.75. The van der Waals surface area contributed by atoms with Crippen molar-refractivity contribution in [2.24, 2.45) is 35.3 Å². The van der Waals surface area contributed by atoms with Crippen molar-refractivity contribution in [1.82, 2.24) is 4.90 Å². The molecule has 2 bridgehead atoms. The summed E-state index contributed by atoms with van der Waals surface area (Å²) in [5.74, 6) is -7.26. The van der Waals surface area contributed by atoms with Crippen LogP contribution < -0.4 is 10.5 Å². The lowest BCUT2D eigenvalue weighted by atomic mass is 9.81. The highest BCUT2D eigenvalue weighted by atomic mass is 19.1. The van der Waals surface area contributed by atoms with Gasteiger partial charge in [0.05, 0.1) is 12.2 Å². The van der Waals surface area contributed by atoms with Gasteiger partial charge in [-0.1, -0.05) is 57.2 Å². The van der Waals surface area contributed by atoms with Crippen LogP contribution in [-0.2, 0) is 38.1 Å². The Morgan fingerprint density at radius 1 is 0.968 bits per heavy atom. The third-order valence-electron chi connectivity index (χ3n) is 13.8. The van der Waals surface area contributed by atoms with E-state index in [1.54, 1.807) is 32.9 Å². The second kappa shape index (κ2) is 22.2. The van der Waals surface area contributed by atoms with Gasteiger partial charge in [-0.2, -0.15) is 0 Å². The molecule has 1 aliphatic carbocycles. The molecule has 3 N–H and O–H groups in total. The molecular formula is C49H71FN2O10. The van der Waals surface area contributed by atoms with Gasteiger partial charge in [0.2, 0.25) is 5.79 Å². The summed E-state index contributed by atoms with van der Waals surface area (Å²) in [5.41, 5.74) is 7.71. The molecule has 0 radical (unpaired) electrons. The third-order valence-corrected chi connectivity index (χ3v) is 13.8. The number of ketones is 2. The zero-order chi connectivity index (χ0) is 45.3. The molecule has 12 nitrogen and oxygen atoms in total. The number of allylic oxidation sites excluding steroid dienone is 4. The number of esters is 1. The highest BCUT2D eigenvalue weighted by molar-refractivity contribution is 6.39. The molecule has 62 heavy (non-hydrogen) atoms. The molecular weight excluding hydrogens is 796 g/mol. The summed E-state index contributed by atoms with van der Waals surface area (Å²) >= 11 is 0. The van der Waals surface area contributed by atoms with Crippen LogP contribution in [0.5, 0.6) is 5.75 Å². The Labute approximate surface area is 367 Å². The van der Waals surface area contributed by atoms with E-state index in [9.17, 15) is 24.3 Å². The molecule has 1 saturated carbocycles. The number of rotatable bonds is 8. The van der Waals surface area contributed by atoms with Crippen molar-refractivity contribution in [3.8, 4) is 5.75 Å². The number of carbonyl (C=O) groups is 4. The highest BCUT2D eigenvalue weighted by Gasteiger charge is 2.56. The molecule has 5 rings (SSSR count). The Balaban J connectivity index is 1.51. The summed E-state index contributed by atoms with van der Waals surface area (Å²) in [6.07, 6.45) is 5.09. The predicted octanol–water partition coefficient (Wildman–Crippen LogP) is 7.02. The number of Topliss-reactive ketones (excluding diaryl/α,β-unsaturated/α-hetero) is 2. The van der Waals surface area contributed by atoms with Crippen molar-refractivity contribution >= 4 is 23.4 Å². The van der Waals surface area contributed by atoms with Gasteiger partial charge in [0.15, 0.2) is 0 Å². The largest absolute Gasteiger partial charge is 0.489 e. The first kappa shape index (κ1) is 49.3. The number of amides is 1. The standard InChI is InChI=1S/C49H71FN2O10/c1-9-15-35-25-30(3)43(50)31(4)26-41(58-7)45-42(59-8)27-33(6)49(57,62-45)46(54)47(55)52-23-14-13-18-38(52)48(56)61-44(29(2)19-22-39(35)53)32(5)24-34-20-21-37(51)40(28-34)60-36-16-11-10-12-17-36/h9-12,16-17,24-25,29,31,33-35,37-38,40-45,57H,1,13-15,18-23,26-28,51H2,2-8H3. The van der Waals surface area contributed by atoms with Crippen LogP contribution in [0.1, 0.15) is 105 Å². The number of fused-ring (bicyclic) bond motifs is 3. The molecule has 14 atom stereocenters. The molecule has 344 valence electrons. The first-order chi connectivity index (χ1) is 29.5. The molecule has 3 heterocycles. The van der Waals surface area contributed by atoms with Crippen molar-refractivity contribution in [2.45, 2.75) is 160 Å². The lowest BCUT2D eigenvalue weighted by molar-refractivity contribution is -0.302. The molecule has 1 aromatic rings. The van der Waals surface area contributed by atoms with Gasteiger partial charge >= 0.3 is 5.97 Å². The number of piperidine rings is 1. The Kier molecular flexibility index (Phi) is 17.7. The number of carbonyl (C=O) groups excluding carboxylic acids is 4. The van der Waals surface area contributed by atoms with Gasteiger partial charge < -0.3 is 39.4 Å². The van der Waals surface area contributed by atoms with E-state index in [4.69, 9.17) is 29.4 Å². The third kappa shape index (κ3) is 11.7. The predicted molar refractivity (Wildman–Crippen MR) is 234 cm³/mol. The average Bonchev–Trinajstić information content (AvgIpc) is 3.27. The SMILES string of the molecule is C=CCC1C=C(C)C(F)C(C)CC(OC)C2OC(O)(C(=O)C(=O)N3CCCCC3C(=O)OC(C(C)=CC3CCC(N)C(Oc4ccccc4)C3)C(C)CCC1=O)C(C)CC2OC. The highest BCUT2D eigenvalue weighted by Crippen LogP contribution is 2.39. The number of ether oxygens (including phenoxy) is 5. The average molecular weight is 867 g/mol. The van der Waals surface area contributed by atoms with Crippen LogP contribution in [0, 0.1) is 29.6 Å². The minimum atomic E-state index is -2.58. The molecule has 0 aromatic heterocycles. The van der Waals surface area contributed by atoms with Crippen molar-refractivity contribution in [3.05, 3.63) is 66.3 Å². The van der Waals surface area contributed by atoms with Crippen LogP contribution in [0.2, 0.25) is 0 Å². The quantitative estimate of drug-likeness (QED) is 0.157. The molecule has 1 amide bonds. The summed E-state index contributed by atoms with van der Waals surface area (Å²) in [5, 5.41) is 12.1. The van der Waals surface area contributed by atoms with Gasteiger partial charge in [0, 0.05) is 45.1 Å². The van der Waals surface area contributed by atoms with Crippen LogP contribution in [0.25, 0.3) is 0 Å². The number of nitrogens with two attached hydrogens (primary N) is 1. The van der Waals surface area contributed by atoms with Crippen LogP contribution in [-0.4, -0.2) is 109 Å². The van der Waals surface area contributed by atoms with E-state index < -0.39 is 77.8 Å². The van der Waals surface area contributed by atoms with E-state index in [2.05, 4.69) is 12.7 Å². The molecule has 13 heteroatoms. The summed E-state index contributed by atoms with van der Waals surface area (Å²) in [6.45, 7) is 12.8. The molecule has 3 aliphatic heterocycles. The number of cyclic esters (lactones) is 1. The summed E-state index contributed by atoms with van der Waals surface area (Å²) in [7, 11) is 2.91. The number of benzene rings is 1. The van der Waals surface area contributed by atoms with E-state index in [-0.39, 0.29) is 62.0 Å². The smallest absolute Gasteiger partial charge is 0.329 e. The fourth-order valence-corrected chi connectivity index (χ4v) is 9.93. The molecule has 2 saturated heterocycles. The minimum absolute atomic E-state index is 0.0603. The molecule has 0 spiro atoms. The number of aliphatic hydroxyl groups is 1. The number of methoxy groups -OCH3 is 2. The van der Waals surface area contributed by atoms with E-state index in [0.29, 0.717) is 37.7 Å². The van der Waals surface area contributed by atoms with E-state index in [0.717, 1.165) is 24.2 Å². The molecule has 1 aromatic carbocycles. The number of alkyl halides is 1. The fraction of sp³-hybridized carbons (Fsp3) is 0.673. The Bertz CT molecular complexity index is 1770. The topological polar surface area (TPSA) is 164 Å². The van der Waals surface area contributed by atoms with Gasteiger partial charge in [-0.05, 0) is 119 Å². The summed E-state index contributed by atoms with van der Waals surface area (Å²) < 4.78 is 46.9. The van der Waals surface area contributed by atoms with Gasteiger partial charge in [-0.3, -0.25) is 14.4 Å². The first-order valence-corrected chi connectivity index (χ1v) is 22.7. The van der Waals surface area contributed by atoms with Gasteiger partial charge in [-0.25, -0.2) is 9.18 Å². The zero-order valence-electron chi connectivity index (χ0n) is 37.8. The molecule has 4 aliphatic rings. The minimum Gasteiger partial charge on any atom is -0.489 e. The van der Waals surface area contributed by atoms with E-state index in [1.165, 1.54) is 19.1 Å². The lowest BCUT2D eigenvalue weighted by Crippen LogP contribution is -2.64.